The quantitative estimate of drug-likeness (QED) is 0.331. The van der Waals surface area contributed by atoms with Gasteiger partial charge in [-0.25, -0.2) is 19.3 Å². The average Bonchev–Trinajstić information content (AvgIpc) is 3.61. The molecule has 7 rings (SSSR count). The van der Waals surface area contributed by atoms with E-state index in [0.717, 1.165) is 90.1 Å². The number of aromatic amines is 1. The van der Waals surface area contributed by atoms with Crippen molar-refractivity contribution in [3.05, 3.63) is 71.9 Å². The second-order valence-electron chi connectivity index (χ2n) is 10.7. The predicted molar refractivity (Wildman–Crippen MR) is 152 cm³/mol. The molecule has 2 N–H and O–H groups in total. The average molecular weight is 542 g/mol. The molecule has 0 unspecified atom stereocenters. The number of H-pyrrole nitrogens is 1. The van der Waals surface area contributed by atoms with E-state index in [4.69, 9.17) is 19.7 Å². The Morgan fingerprint density at radius 3 is 2.70 bits per heavy atom. The molecule has 0 saturated carbocycles. The van der Waals surface area contributed by atoms with Gasteiger partial charge in [-0.3, -0.25) is 4.90 Å². The van der Waals surface area contributed by atoms with Crippen molar-refractivity contribution in [1.82, 2.24) is 29.4 Å². The molecule has 2 aromatic carbocycles. The van der Waals surface area contributed by atoms with Crippen molar-refractivity contribution >= 4 is 27.9 Å². The molecule has 10 heteroatoms. The Kier molecular flexibility index (Phi) is 6.66. The summed E-state index contributed by atoms with van der Waals surface area (Å²) in [5.74, 6) is 1.26. The second kappa shape index (κ2) is 10.6. The molecule has 3 aromatic heterocycles. The minimum atomic E-state index is -0.208. The molecule has 0 bridgehead atoms. The van der Waals surface area contributed by atoms with Crippen LogP contribution in [0.3, 0.4) is 0 Å². The Morgan fingerprint density at radius 2 is 1.88 bits per heavy atom. The van der Waals surface area contributed by atoms with Crippen LogP contribution in [0, 0.1) is 5.82 Å². The second-order valence-corrected chi connectivity index (χ2v) is 10.7. The number of nitrogens with zero attached hydrogens (tertiary/aromatic N) is 6. The SMILES string of the molecule is OCc1cccc(-c2nc(N3CCOCC3)c3ncn(C4CCN(Cc5c[nH]c6ccc(F)cc56)CC4)c3n2)c1. The summed E-state index contributed by atoms with van der Waals surface area (Å²) in [6.45, 7) is 5.44. The number of fused-ring (bicyclic) bond motifs is 2. The zero-order chi connectivity index (χ0) is 27.1. The highest BCUT2D eigenvalue weighted by Crippen LogP contribution is 2.32. The summed E-state index contributed by atoms with van der Waals surface area (Å²) in [5.41, 5.74) is 5.44. The first-order valence-electron chi connectivity index (χ1n) is 13.9. The fourth-order valence-electron chi connectivity index (χ4n) is 5.98. The van der Waals surface area contributed by atoms with Crippen molar-refractivity contribution in [2.75, 3.05) is 44.3 Å². The molecule has 5 aromatic rings. The van der Waals surface area contributed by atoms with Gasteiger partial charge in [0.15, 0.2) is 22.8 Å². The topological polar surface area (TPSA) is 95.3 Å². The van der Waals surface area contributed by atoms with Gasteiger partial charge in [0.25, 0.3) is 0 Å². The first kappa shape index (κ1) is 25.1. The van der Waals surface area contributed by atoms with Crippen molar-refractivity contribution < 1.29 is 14.2 Å². The summed E-state index contributed by atoms with van der Waals surface area (Å²) in [4.78, 5) is 22.8. The minimum Gasteiger partial charge on any atom is -0.392 e. The lowest BCUT2D eigenvalue weighted by Gasteiger charge is -2.32. The van der Waals surface area contributed by atoms with Crippen molar-refractivity contribution in [2.24, 2.45) is 0 Å². The summed E-state index contributed by atoms with van der Waals surface area (Å²) in [6, 6.07) is 12.9. The Bertz CT molecular complexity index is 1650. The molecule has 206 valence electrons. The lowest BCUT2D eigenvalue weighted by atomic mass is 10.0. The third kappa shape index (κ3) is 4.72. The highest BCUT2D eigenvalue weighted by Gasteiger charge is 2.26. The van der Waals surface area contributed by atoms with Crippen LogP contribution in [0.2, 0.25) is 0 Å². The number of morpholine rings is 1. The van der Waals surface area contributed by atoms with Crippen LogP contribution >= 0.6 is 0 Å². The van der Waals surface area contributed by atoms with Gasteiger partial charge in [0, 0.05) is 61.4 Å². The van der Waals surface area contributed by atoms with Gasteiger partial charge in [-0.15, -0.1) is 0 Å². The van der Waals surface area contributed by atoms with Gasteiger partial charge in [-0.05, 0) is 48.2 Å². The lowest BCUT2D eigenvalue weighted by molar-refractivity contribution is 0.122. The maximum absolute atomic E-state index is 13.9. The van der Waals surface area contributed by atoms with Gasteiger partial charge >= 0.3 is 0 Å². The minimum absolute atomic E-state index is 0.0313. The number of aliphatic hydroxyl groups is 1. The molecule has 2 saturated heterocycles. The van der Waals surface area contributed by atoms with E-state index < -0.39 is 0 Å². The third-order valence-electron chi connectivity index (χ3n) is 8.16. The Hall–Kier alpha value is -3.86. The number of nitrogens with one attached hydrogen (secondary N) is 1. The third-order valence-corrected chi connectivity index (χ3v) is 8.16. The van der Waals surface area contributed by atoms with Gasteiger partial charge in [0.2, 0.25) is 0 Å². The zero-order valence-electron chi connectivity index (χ0n) is 22.3. The molecular weight excluding hydrogens is 509 g/mol. The maximum Gasteiger partial charge on any atom is 0.166 e. The van der Waals surface area contributed by atoms with E-state index in [1.807, 2.05) is 36.8 Å². The smallest absolute Gasteiger partial charge is 0.166 e. The summed E-state index contributed by atoms with van der Waals surface area (Å²) in [7, 11) is 0. The molecule has 0 atom stereocenters. The van der Waals surface area contributed by atoms with Crippen molar-refractivity contribution in [1.29, 1.82) is 0 Å². The van der Waals surface area contributed by atoms with Crippen LogP contribution in [0.15, 0.2) is 55.0 Å². The highest BCUT2D eigenvalue weighted by molar-refractivity contribution is 5.86. The normalized spacial score (nSPS) is 17.3. The number of hydrogen-bond acceptors (Lipinski definition) is 7. The number of ether oxygens (including phenoxy) is 1. The lowest BCUT2D eigenvalue weighted by Crippen LogP contribution is -2.37. The number of anilines is 1. The van der Waals surface area contributed by atoms with Crippen LogP contribution in [0.25, 0.3) is 33.5 Å². The Labute approximate surface area is 231 Å². The van der Waals surface area contributed by atoms with Gasteiger partial charge in [-0.2, -0.15) is 0 Å². The van der Waals surface area contributed by atoms with E-state index in [2.05, 4.69) is 19.4 Å². The predicted octanol–water partition coefficient (Wildman–Crippen LogP) is 4.28. The standard InChI is InChI=1S/C30H32FN7O2/c31-23-4-5-26-25(15-23)22(16-32-26)17-36-8-6-24(7-9-36)38-19-33-27-29(37-10-12-40-13-11-37)34-28(35-30(27)38)21-3-1-2-20(14-21)18-39/h1-5,14-16,19,24,32,39H,6-13,17-18H2. The molecular formula is C30H32FN7O2. The van der Waals surface area contributed by atoms with E-state index in [0.29, 0.717) is 19.0 Å². The van der Waals surface area contributed by atoms with E-state index in [9.17, 15) is 9.50 Å². The first-order valence-corrected chi connectivity index (χ1v) is 13.9. The van der Waals surface area contributed by atoms with Crippen LogP contribution in [-0.2, 0) is 17.9 Å². The van der Waals surface area contributed by atoms with Gasteiger partial charge < -0.3 is 24.3 Å². The molecule has 40 heavy (non-hydrogen) atoms. The van der Waals surface area contributed by atoms with Crippen LogP contribution < -0.4 is 4.90 Å². The van der Waals surface area contributed by atoms with E-state index >= 15 is 0 Å². The number of hydrogen-bond donors (Lipinski definition) is 2. The van der Waals surface area contributed by atoms with Crippen LogP contribution in [0.4, 0.5) is 10.2 Å². The number of benzene rings is 2. The number of likely N-dealkylation sites (tertiary alicyclic amines) is 1. The van der Waals surface area contributed by atoms with Gasteiger partial charge in [-0.1, -0.05) is 18.2 Å². The molecule has 2 aliphatic heterocycles. The van der Waals surface area contributed by atoms with Crippen molar-refractivity contribution in [3.63, 3.8) is 0 Å². The molecule has 0 aliphatic carbocycles. The van der Waals surface area contributed by atoms with E-state index in [1.165, 1.54) is 6.07 Å². The summed E-state index contributed by atoms with van der Waals surface area (Å²) in [5, 5.41) is 10.6. The van der Waals surface area contributed by atoms with Crippen molar-refractivity contribution in [2.45, 2.75) is 32.0 Å². The van der Waals surface area contributed by atoms with Gasteiger partial charge in [0.1, 0.15) is 5.82 Å². The van der Waals surface area contributed by atoms with Gasteiger partial charge in [0.05, 0.1) is 26.1 Å². The number of rotatable bonds is 6. The molecule has 2 aliphatic rings. The van der Waals surface area contributed by atoms with Crippen LogP contribution in [0.1, 0.15) is 30.0 Å². The number of halogens is 1. The van der Waals surface area contributed by atoms with Crippen molar-refractivity contribution in [3.8, 4) is 11.4 Å². The fourth-order valence-corrected chi connectivity index (χ4v) is 5.98. The zero-order valence-corrected chi connectivity index (χ0v) is 22.3. The number of aliphatic hydroxyl groups excluding tert-OH is 1. The first-order chi connectivity index (χ1) is 19.7. The summed E-state index contributed by atoms with van der Waals surface area (Å²) >= 11 is 0. The fraction of sp³-hybridized carbons (Fsp3) is 0.367. The highest BCUT2D eigenvalue weighted by atomic mass is 19.1. The van der Waals surface area contributed by atoms with Crippen LogP contribution in [0.5, 0.6) is 0 Å². The molecule has 0 amide bonds. The molecule has 5 heterocycles. The molecule has 0 spiro atoms. The Morgan fingerprint density at radius 1 is 1.02 bits per heavy atom. The van der Waals surface area contributed by atoms with E-state index in [-0.39, 0.29) is 18.5 Å². The monoisotopic (exact) mass is 541 g/mol. The summed E-state index contributed by atoms with van der Waals surface area (Å²) < 4.78 is 21.7. The number of piperidine rings is 1. The maximum atomic E-state index is 13.9. The molecule has 9 nitrogen and oxygen atoms in total. The largest absolute Gasteiger partial charge is 0.392 e. The summed E-state index contributed by atoms with van der Waals surface area (Å²) in [6.07, 6.45) is 5.85. The number of aromatic nitrogens is 5. The van der Waals surface area contributed by atoms with E-state index in [1.54, 1.807) is 12.1 Å². The molecule has 2 fully saturated rings. The number of imidazole rings is 1. The molecule has 0 radical (unpaired) electrons. The Balaban J connectivity index is 1.17. The van der Waals surface area contributed by atoms with Crippen LogP contribution in [-0.4, -0.2) is 73.9 Å².